The molecular formula is C13H23NO3. The first-order chi connectivity index (χ1) is 8.03. The smallest absolute Gasteiger partial charge is 0.308 e. The Labute approximate surface area is 103 Å². The van der Waals surface area contributed by atoms with Gasteiger partial charge < -0.3 is 14.7 Å². The minimum atomic E-state index is -0.627. The normalized spacial score (nSPS) is 29.0. The van der Waals surface area contributed by atoms with Gasteiger partial charge in [0.05, 0.1) is 5.92 Å². The number of nitrogens with zero attached hydrogens (tertiary/aromatic N) is 1. The summed E-state index contributed by atoms with van der Waals surface area (Å²) in [6.07, 6.45) is 1.80. The van der Waals surface area contributed by atoms with Gasteiger partial charge in [0.1, 0.15) is 0 Å². The molecule has 0 aliphatic carbocycles. The molecular weight excluding hydrogens is 218 g/mol. The maximum absolute atomic E-state index is 11.4. The van der Waals surface area contributed by atoms with Gasteiger partial charge in [-0.2, -0.15) is 0 Å². The Bertz CT molecular complexity index is 284. The van der Waals surface area contributed by atoms with Gasteiger partial charge in [-0.05, 0) is 18.8 Å². The molecule has 0 aromatic heterocycles. The highest BCUT2D eigenvalue weighted by molar-refractivity contribution is 5.72. The lowest BCUT2D eigenvalue weighted by atomic mass is 9.72. The third-order valence-corrected chi connectivity index (χ3v) is 4.13. The van der Waals surface area contributed by atoms with Crippen molar-refractivity contribution in [2.24, 2.45) is 17.3 Å². The maximum atomic E-state index is 11.4. The van der Waals surface area contributed by atoms with E-state index in [0.29, 0.717) is 12.5 Å². The molecule has 2 aliphatic heterocycles. The van der Waals surface area contributed by atoms with Gasteiger partial charge >= 0.3 is 5.97 Å². The van der Waals surface area contributed by atoms with Crippen molar-refractivity contribution in [2.75, 3.05) is 32.8 Å². The zero-order chi connectivity index (χ0) is 12.5. The second-order valence-corrected chi connectivity index (χ2v) is 5.95. The minimum Gasteiger partial charge on any atom is -0.481 e. The zero-order valence-electron chi connectivity index (χ0n) is 10.8. The van der Waals surface area contributed by atoms with Crippen LogP contribution in [0.1, 0.15) is 26.7 Å². The molecule has 0 amide bonds. The average molecular weight is 241 g/mol. The molecule has 1 spiro atoms. The summed E-state index contributed by atoms with van der Waals surface area (Å²) >= 11 is 0. The summed E-state index contributed by atoms with van der Waals surface area (Å²) in [5.41, 5.74) is -0.0288. The number of likely N-dealkylation sites (tertiary alicyclic amines) is 1. The number of rotatable bonds is 3. The number of ether oxygens (including phenoxy) is 1. The Morgan fingerprint density at radius 3 is 2.65 bits per heavy atom. The minimum absolute atomic E-state index is 0.0288. The van der Waals surface area contributed by atoms with Crippen LogP contribution in [0, 0.1) is 17.3 Å². The van der Waals surface area contributed by atoms with Crippen LogP contribution in [0.3, 0.4) is 0 Å². The van der Waals surface area contributed by atoms with Crippen LogP contribution in [0.2, 0.25) is 0 Å². The molecule has 0 saturated carbocycles. The topological polar surface area (TPSA) is 49.8 Å². The predicted molar refractivity (Wildman–Crippen MR) is 64.9 cm³/mol. The standard InChI is InChI=1S/C13H23NO3/c1-10(2)7-14-8-11(12(15)16)13(9-14)3-5-17-6-4-13/h10-11H,3-9H2,1-2H3,(H,15,16)/t11-/m0/s1. The van der Waals surface area contributed by atoms with Gasteiger partial charge in [-0.3, -0.25) is 4.79 Å². The van der Waals surface area contributed by atoms with Crippen molar-refractivity contribution in [3.63, 3.8) is 0 Å². The van der Waals surface area contributed by atoms with E-state index in [9.17, 15) is 9.90 Å². The second kappa shape index (κ2) is 4.94. The third-order valence-electron chi connectivity index (χ3n) is 4.13. The van der Waals surface area contributed by atoms with Crippen LogP contribution >= 0.6 is 0 Å². The molecule has 1 atom stereocenters. The van der Waals surface area contributed by atoms with Crippen LogP contribution in [-0.2, 0) is 9.53 Å². The van der Waals surface area contributed by atoms with E-state index >= 15 is 0 Å². The van der Waals surface area contributed by atoms with E-state index < -0.39 is 5.97 Å². The van der Waals surface area contributed by atoms with Gasteiger partial charge in [-0.15, -0.1) is 0 Å². The molecule has 98 valence electrons. The van der Waals surface area contributed by atoms with E-state index in [1.807, 2.05) is 0 Å². The molecule has 4 nitrogen and oxygen atoms in total. The fourth-order valence-electron chi connectivity index (χ4n) is 3.35. The molecule has 2 saturated heterocycles. The number of hydrogen-bond donors (Lipinski definition) is 1. The predicted octanol–water partition coefficient (Wildman–Crippen LogP) is 1.46. The lowest BCUT2D eigenvalue weighted by molar-refractivity contribution is -0.146. The molecule has 2 fully saturated rings. The summed E-state index contributed by atoms with van der Waals surface area (Å²) < 4.78 is 5.39. The highest BCUT2D eigenvalue weighted by atomic mass is 16.5. The number of carboxylic acids is 1. The van der Waals surface area contributed by atoms with Gasteiger partial charge in [0, 0.05) is 38.3 Å². The molecule has 1 N–H and O–H groups in total. The Morgan fingerprint density at radius 2 is 2.12 bits per heavy atom. The first kappa shape index (κ1) is 12.8. The number of carboxylic acid groups (broad SMARTS) is 1. The Hall–Kier alpha value is -0.610. The Morgan fingerprint density at radius 1 is 1.47 bits per heavy atom. The van der Waals surface area contributed by atoms with E-state index in [-0.39, 0.29) is 11.3 Å². The van der Waals surface area contributed by atoms with Crippen LogP contribution < -0.4 is 0 Å². The molecule has 0 unspecified atom stereocenters. The SMILES string of the molecule is CC(C)CN1C[C@@H](C(=O)O)C2(CCOCC2)C1. The van der Waals surface area contributed by atoms with Crippen LogP contribution in [0.5, 0.6) is 0 Å². The summed E-state index contributed by atoms with van der Waals surface area (Å²) in [6, 6.07) is 0. The highest BCUT2D eigenvalue weighted by Crippen LogP contribution is 2.44. The largest absolute Gasteiger partial charge is 0.481 e. The lowest BCUT2D eigenvalue weighted by Crippen LogP contribution is -2.40. The van der Waals surface area contributed by atoms with Crippen LogP contribution in [0.25, 0.3) is 0 Å². The van der Waals surface area contributed by atoms with Crippen LogP contribution in [0.15, 0.2) is 0 Å². The monoisotopic (exact) mass is 241 g/mol. The highest BCUT2D eigenvalue weighted by Gasteiger charge is 2.50. The van der Waals surface area contributed by atoms with E-state index in [2.05, 4.69) is 18.7 Å². The van der Waals surface area contributed by atoms with Gasteiger partial charge in [0.25, 0.3) is 0 Å². The molecule has 0 bridgehead atoms. The molecule has 0 aromatic carbocycles. The van der Waals surface area contributed by atoms with E-state index in [4.69, 9.17) is 4.74 Å². The molecule has 4 heteroatoms. The van der Waals surface area contributed by atoms with Crippen LogP contribution in [0.4, 0.5) is 0 Å². The number of carbonyl (C=O) groups is 1. The van der Waals surface area contributed by atoms with Crippen molar-refractivity contribution in [3.8, 4) is 0 Å². The van der Waals surface area contributed by atoms with Crippen molar-refractivity contribution >= 4 is 5.97 Å². The Kier molecular flexibility index (Phi) is 3.73. The summed E-state index contributed by atoms with van der Waals surface area (Å²) in [4.78, 5) is 13.8. The molecule has 2 aliphatic rings. The van der Waals surface area contributed by atoms with Crippen molar-refractivity contribution in [1.82, 2.24) is 4.90 Å². The first-order valence-corrected chi connectivity index (χ1v) is 6.56. The molecule has 0 radical (unpaired) electrons. The third kappa shape index (κ3) is 2.63. The molecule has 17 heavy (non-hydrogen) atoms. The quantitative estimate of drug-likeness (QED) is 0.812. The second-order valence-electron chi connectivity index (χ2n) is 5.95. The van der Waals surface area contributed by atoms with E-state index in [1.165, 1.54) is 0 Å². The number of aliphatic carboxylic acids is 1. The van der Waals surface area contributed by atoms with Crippen molar-refractivity contribution < 1.29 is 14.6 Å². The summed E-state index contributed by atoms with van der Waals surface area (Å²) in [7, 11) is 0. The van der Waals surface area contributed by atoms with Gasteiger partial charge in [0.15, 0.2) is 0 Å². The number of hydrogen-bond acceptors (Lipinski definition) is 3. The van der Waals surface area contributed by atoms with Gasteiger partial charge in [0.2, 0.25) is 0 Å². The first-order valence-electron chi connectivity index (χ1n) is 6.56. The maximum Gasteiger partial charge on any atom is 0.308 e. The molecule has 2 heterocycles. The average Bonchev–Trinajstić information content (AvgIpc) is 2.57. The lowest BCUT2D eigenvalue weighted by Gasteiger charge is -2.36. The van der Waals surface area contributed by atoms with E-state index in [1.54, 1.807) is 0 Å². The van der Waals surface area contributed by atoms with Crippen molar-refractivity contribution in [2.45, 2.75) is 26.7 Å². The van der Waals surface area contributed by atoms with Crippen LogP contribution in [-0.4, -0.2) is 48.8 Å². The molecule has 2 rings (SSSR count). The molecule has 0 aromatic rings. The van der Waals surface area contributed by atoms with E-state index in [0.717, 1.165) is 39.1 Å². The summed E-state index contributed by atoms with van der Waals surface area (Å²) in [6.45, 7) is 8.47. The summed E-state index contributed by atoms with van der Waals surface area (Å²) in [5, 5.41) is 9.42. The Balaban J connectivity index is 2.09. The van der Waals surface area contributed by atoms with Crippen molar-refractivity contribution in [1.29, 1.82) is 0 Å². The van der Waals surface area contributed by atoms with Crippen molar-refractivity contribution in [3.05, 3.63) is 0 Å². The summed E-state index contributed by atoms with van der Waals surface area (Å²) in [5.74, 6) is -0.234. The van der Waals surface area contributed by atoms with Gasteiger partial charge in [-0.25, -0.2) is 0 Å². The fraction of sp³-hybridized carbons (Fsp3) is 0.923. The fourth-order valence-corrected chi connectivity index (χ4v) is 3.35. The van der Waals surface area contributed by atoms with Gasteiger partial charge in [-0.1, -0.05) is 13.8 Å². The zero-order valence-corrected chi connectivity index (χ0v) is 10.8.